The molecule has 11 heteroatoms. The summed E-state index contributed by atoms with van der Waals surface area (Å²) in [6.45, 7) is 13.6. The van der Waals surface area contributed by atoms with Gasteiger partial charge in [0, 0.05) is 25.2 Å². The average molecular weight is 880 g/mol. The van der Waals surface area contributed by atoms with Gasteiger partial charge in [-0.1, -0.05) is 84.0 Å². The summed E-state index contributed by atoms with van der Waals surface area (Å²) < 4.78 is 9.89. The van der Waals surface area contributed by atoms with Crippen LogP contribution in [-0.2, 0) is 35.1 Å². The number of likely N-dealkylation sites (tertiary alicyclic amines) is 2. The molecule has 2 bridgehead atoms. The van der Waals surface area contributed by atoms with E-state index >= 15 is 0 Å². The van der Waals surface area contributed by atoms with Crippen LogP contribution in [0.1, 0.15) is 127 Å². The van der Waals surface area contributed by atoms with Crippen LogP contribution >= 0.6 is 0 Å². The van der Waals surface area contributed by atoms with Crippen LogP contribution in [-0.4, -0.2) is 82.6 Å². The van der Waals surface area contributed by atoms with Crippen molar-refractivity contribution in [3.05, 3.63) is 83.3 Å². The Labute approximate surface area is 383 Å². The molecule has 1 saturated carbocycles. The maximum absolute atomic E-state index is 14.0. The summed E-state index contributed by atoms with van der Waals surface area (Å²) in [4.78, 5) is 69.9. The van der Waals surface area contributed by atoms with Crippen LogP contribution in [0.3, 0.4) is 0 Å². The number of amides is 2. The van der Waals surface area contributed by atoms with Gasteiger partial charge < -0.3 is 24.3 Å². The molecule has 0 spiro atoms. The van der Waals surface area contributed by atoms with Crippen molar-refractivity contribution in [1.82, 2.24) is 19.8 Å². The van der Waals surface area contributed by atoms with Crippen molar-refractivity contribution in [3.63, 3.8) is 0 Å². The molecule has 2 amide bonds. The molecule has 3 aromatic carbocycles. The molecule has 5 aliphatic rings. The molecule has 3 fully saturated rings. The van der Waals surface area contributed by atoms with Gasteiger partial charge in [0.15, 0.2) is 0 Å². The molecule has 2 aliphatic carbocycles. The van der Waals surface area contributed by atoms with Crippen LogP contribution in [0, 0.1) is 35.5 Å². The van der Waals surface area contributed by atoms with Crippen LogP contribution in [0.5, 0.6) is 0 Å². The lowest BCUT2D eigenvalue weighted by Crippen LogP contribution is -2.45. The van der Waals surface area contributed by atoms with Crippen LogP contribution in [0.25, 0.3) is 33.5 Å². The minimum absolute atomic E-state index is 0.00312. The third kappa shape index (κ3) is 8.44. The van der Waals surface area contributed by atoms with Crippen molar-refractivity contribution in [3.8, 4) is 33.5 Å². The van der Waals surface area contributed by atoms with E-state index in [0.29, 0.717) is 36.8 Å². The van der Waals surface area contributed by atoms with E-state index in [-0.39, 0.29) is 60.5 Å². The van der Waals surface area contributed by atoms with Crippen molar-refractivity contribution in [2.45, 2.75) is 117 Å². The molecule has 9 rings (SSSR count). The van der Waals surface area contributed by atoms with Crippen molar-refractivity contribution in [2.24, 2.45) is 40.5 Å². The number of carbonyl (C=O) groups excluding carboxylic acids is 4. The van der Waals surface area contributed by atoms with E-state index < -0.39 is 11.8 Å². The monoisotopic (exact) mass is 879 g/mol. The number of benzene rings is 3. The second-order valence-corrected chi connectivity index (χ2v) is 20.5. The highest BCUT2D eigenvalue weighted by molar-refractivity contribution is 6.01. The summed E-state index contributed by atoms with van der Waals surface area (Å²) in [6, 6.07) is 20.0. The molecule has 4 heterocycles. The number of imidazole rings is 1. The Morgan fingerprint density at radius 2 is 1.22 bits per heavy atom. The number of ether oxygens (including phenoxy) is 2. The van der Waals surface area contributed by atoms with E-state index in [1.807, 2.05) is 43.7 Å². The van der Waals surface area contributed by atoms with Gasteiger partial charge in [0.1, 0.15) is 5.82 Å². The van der Waals surface area contributed by atoms with Gasteiger partial charge in [-0.05, 0) is 124 Å². The zero-order chi connectivity index (χ0) is 45.8. The highest BCUT2D eigenvalue weighted by Crippen LogP contribution is 2.58. The summed E-state index contributed by atoms with van der Waals surface area (Å²) >= 11 is 0. The molecule has 342 valence electrons. The maximum Gasteiger partial charge on any atom is 0.306 e. The predicted molar refractivity (Wildman–Crippen MR) is 252 cm³/mol. The van der Waals surface area contributed by atoms with E-state index in [4.69, 9.17) is 19.5 Å². The number of carbonyl (C=O) groups is 4. The fraction of sp³-hybridized carbons (Fsp3) is 0.519. The van der Waals surface area contributed by atoms with Crippen molar-refractivity contribution >= 4 is 35.2 Å². The van der Waals surface area contributed by atoms with Crippen molar-refractivity contribution < 1.29 is 28.7 Å². The third-order valence-corrected chi connectivity index (χ3v) is 15.4. The van der Waals surface area contributed by atoms with E-state index in [9.17, 15) is 19.2 Å². The van der Waals surface area contributed by atoms with Crippen LogP contribution in [0.4, 0.5) is 5.69 Å². The summed E-state index contributed by atoms with van der Waals surface area (Å²) in [5.74, 6) is 1.00. The van der Waals surface area contributed by atoms with Crippen LogP contribution < -0.4 is 0 Å². The second kappa shape index (κ2) is 18.0. The van der Waals surface area contributed by atoms with Gasteiger partial charge in [-0.25, -0.2) is 4.98 Å². The van der Waals surface area contributed by atoms with Gasteiger partial charge >= 0.3 is 11.9 Å². The van der Waals surface area contributed by atoms with Crippen LogP contribution in [0.2, 0.25) is 0 Å². The largest absolute Gasteiger partial charge is 0.469 e. The number of aliphatic imine (C=N–C) groups is 1. The average Bonchev–Trinajstić information content (AvgIpc) is 4.17. The first-order valence-corrected chi connectivity index (χ1v) is 24.0. The number of nitrogens with zero attached hydrogens (tertiary/aromatic N) is 4. The fourth-order valence-corrected chi connectivity index (χ4v) is 11.9. The lowest BCUT2D eigenvalue weighted by Gasteiger charge is -2.30. The zero-order valence-corrected chi connectivity index (χ0v) is 39.4. The maximum atomic E-state index is 14.0. The molecular formula is C54H65N5O6. The Kier molecular flexibility index (Phi) is 12.4. The molecule has 1 N–H and O–H groups in total. The molecular weight excluding hydrogens is 815 g/mol. The summed E-state index contributed by atoms with van der Waals surface area (Å²) in [6.07, 6.45) is 8.08. The van der Waals surface area contributed by atoms with Gasteiger partial charge in [-0.2, -0.15) is 0 Å². The quantitative estimate of drug-likeness (QED) is 0.132. The fourth-order valence-electron chi connectivity index (χ4n) is 11.9. The molecule has 0 radical (unpaired) electrons. The number of methoxy groups -OCH3 is 2. The minimum atomic E-state index is -0.443. The highest BCUT2D eigenvalue weighted by atomic mass is 16.5. The SMILES string of the molecule is COC(=O)C[C@H](C(=O)N1C[C@H](C)C[C@H]1C1=Nc2ccc(-c3ccc(-c4ccc(-c5cnc([C@@H]6C[C@@H](C)CN6C(=O)[C@@H](CC(=O)OC)C(C)C)[nH]5)cc4)c4c3C3CCC4C3)cc2C1)C(C)C. The number of aromatic nitrogens is 2. The summed E-state index contributed by atoms with van der Waals surface area (Å²) in [7, 11) is 2.75. The van der Waals surface area contributed by atoms with Crippen LogP contribution in [0.15, 0.2) is 65.8 Å². The number of aromatic amines is 1. The Morgan fingerprint density at radius 3 is 1.78 bits per heavy atom. The van der Waals surface area contributed by atoms with Gasteiger partial charge in [0.05, 0.1) is 68.6 Å². The Morgan fingerprint density at radius 1 is 0.692 bits per heavy atom. The number of hydrogen-bond acceptors (Lipinski definition) is 8. The number of rotatable bonds is 13. The van der Waals surface area contributed by atoms with Gasteiger partial charge in [0.2, 0.25) is 11.8 Å². The lowest BCUT2D eigenvalue weighted by atomic mass is 9.81. The second-order valence-electron chi connectivity index (χ2n) is 20.5. The Hall–Kier alpha value is -5.58. The Balaban J connectivity index is 0.933. The molecule has 8 atom stereocenters. The molecule has 2 saturated heterocycles. The molecule has 4 aromatic rings. The smallest absolute Gasteiger partial charge is 0.306 e. The first kappa shape index (κ1) is 44.6. The minimum Gasteiger partial charge on any atom is -0.469 e. The number of H-pyrrole nitrogens is 1. The first-order chi connectivity index (χ1) is 31.2. The third-order valence-electron chi connectivity index (χ3n) is 15.4. The first-order valence-electron chi connectivity index (χ1n) is 24.0. The standard InChI is InChI=1S/C54H65N5O6/c1-29(2)41(24-48(60)64-7)53(62)58-27-31(5)19-46(58)44-23-38-21-35(15-18-43(38)56-44)40-17-16-39(50-36-13-14-37(22-36)51(40)50)33-9-11-34(12-10-33)45-26-55-52(57-45)47-20-32(6)28-59(47)54(63)42(30(3)4)25-49(61)65-8/h9-12,15-18,21,26,29-32,36-37,41-42,46-47H,13-14,19-20,22-25,27-28H2,1-8H3,(H,55,57)/t31-,32-,36?,37?,41+,42+,46+,47+/m1/s1. The lowest BCUT2D eigenvalue weighted by molar-refractivity contribution is -0.148. The zero-order valence-electron chi connectivity index (χ0n) is 39.4. The number of hydrogen-bond donors (Lipinski definition) is 1. The molecule has 65 heavy (non-hydrogen) atoms. The van der Waals surface area contributed by atoms with Crippen molar-refractivity contribution in [2.75, 3.05) is 27.3 Å². The van der Waals surface area contributed by atoms with E-state index in [0.717, 1.165) is 47.7 Å². The Bertz CT molecular complexity index is 2520. The van der Waals surface area contributed by atoms with Gasteiger partial charge in [-0.3, -0.25) is 24.2 Å². The van der Waals surface area contributed by atoms with E-state index in [1.54, 1.807) is 0 Å². The van der Waals surface area contributed by atoms with Crippen molar-refractivity contribution in [1.29, 1.82) is 0 Å². The highest BCUT2D eigenvalue weighted by Gasteiger charge is 2.44. The van der Waals surface area contributed by atoms with E-state index in [2.05, 4.69) is 73.4 Å². The van der Waals surface area contributed by atoms with Gasteiger partial charge in [0.25, 0.3) is 0 Å². The predicted octanol–water partition coefficient (Wildman–Crippen LogP) is 10.2. The number of esters is 2. The number of nitrogens with one attached hydrogen (secondary N) is 1. The molecule has 3 aliphatic heterocycles. The topological polar surface area (TPSA) is 134 Å². The molecule has 11 nitrogen and oxygen atoms in total. The number of fused-ring (bicyclic) bond motifs is 6. The molecule has 2 unspecified atom stereocenters. The molecule has 1 aromatic heterocycles. The van der Waals surface area contributed by atoms with Gasteiger partial charge in [-0.15, -0.1) is 0 Å². The van der Waals surface area contributed by atoms with E-state index in [1.165, 1.54) is 72.4 Å². The summed E-state index contributed by atoms with van der Waals surface area (Å²) in [5.41, 5.74) is 13.3. The summed E-state index contributed by atoms with van der Waals surface area (Å²) in [5, 5.41) is 0. The normalized spacial score (nSPS) is 24.1.